The van der Waals surface area contributed by atoms with E-state index in [1.165, 1.54) is 4.57 Å². The monoisotopic (exact) mass is 338 g/mol. The van der Waals surface area contributed by atoms with E-state index >= 15 is 0 Å². The largest absolute Gasteiger partial charge is 0.482 e. The fraction of sp³-hybridized carbons (Fsp3) is 0.250. The van der Waals surface area contributed by atoms with Gasteiger partial charge in [-0.1, -0.05) is 29.3 Å². The van der Waals surface area contributed by atoms with E-state index in [1.54, 1.807) is 36.5 Å². The molecule has 2 aromatic rings. The zero-order valence-electron chi connectivity index (χ0n) is 12.3. The molecule has 0 bridgehead atoms. The van der Waals surface area contributed by atoms with Crippen molar-refractivity contribution in [1.82, 2.24) is 4.57 Å². The second-order valence-corrected chi connectivity index (χ2v) is 5.75. The Labute approximate surface area is 139 Å². The number of carbonyl (C=O) groups excluding carboxylic acids is 1. The van der Waals surface area contributed by atoms with E-state index in [0.717, 1.165) is 0 Å². The van der Waals surface area contributed by atoms with Crippen LogP contribution in [0, 0.1) is 0 Å². The second-order valence-electron chi connectivity index (χ2n) is 4.91. The Bertz CT molecular complexity index is 739. The van der Waals surface area contributed by atoms with Crippen molar-refractivity contribution < 1.29 is 9.53 Å². The molecule has 0 radical (unpaired) electrons. The average Bonchev–Trinajstić information content (AvgIpc) is 2.48. The molecule has 0 aliphatic rings. The summed E-state index contributed by atoms with van der Waals surface area (Å²) < 4.78 is 6.92. The SMILES string of the molecule is CC(C)N=c1ccccn1C(=O)COc1cc(Cl)ccc1Cl. The molecule has 0 fully saturated rings. The van der Waals surface area contributed by atoms with Crippen LogP contribution in [0.2, 0.25) is 10.0 Å². The molecule has 1 heterocycles. The summed E-state index contributed by atoms with van der Waals surface area (Å²) in [7, 11) is 0. The second kappa shape index (κ2) is 7.47. The highest BCUT2D eigenvalue weighted by atomic mass is 35.5. The summed E-state index contributed by atoms with van der Waals surface area (Å²) in [5.41, 5.74) is 0.586. The number of aromatic nitrogens is 1. The molecule has 0 spiro atoms. The van der Waals surface area contributed by atoms with Crippen LogP contribution in [0.1, 0.15) is 18.6 Å². The normalized spacial score (nSPS) is 11.8. The Morgan fingerprint density at radius 3 is 2.77 bits per heavy atom. The maximum atomic E-state index is 12.3. The molecular weight excluding hydrogens is 323 g/mol. The summed E-state index contributed by atoms with van der Waals surface area (Å²) in [5, 5.41) is 0.900. The maximum Gasteiger partial charge on any atom is 0.270 e. The molecule has 22 heavy (non-hydrogen) atoms. The lowest BCUT2D eigenvalue weighted by Gasteiger charge is -2.10. The fourth-order valence-electron chi connectivity index (χ4n) is 1.81. The van der Waals surface area contributed by atoms with E-state index in [4.69, 9.17) is 27.9 Å². The molecule has 0 amide bonds. The highest BCUT2D eigenvalue weighted by Gasteiger charge is 2.09. The molecule has 4 nitrogen and oxygen atoms in total. The molecule has 1 aromatic carbocycles. The summed E-state index contributed by atoms with van der Waals surface area (Å²) in [6.07, 6.45) is 1.66. The number of hydrogen-bond acceptors (Lipinski definition) is 3. The zero-order chi connectivity index (χ0) is 16.1. The van der Waals surface area contributed by atoms with E-state index in [1.807, 2.05) is 19.9 Å². The van der Waals surface area contributed by atoms with E-state index in [-0.39, 0.29) is 18.6 Å². The predicted molar refractivity (Wildman–Crippen MR) is 87.7 cm³/mol. The predicted octanol–water partition coefficient (Wildman–Crippen LogP) is 3.82. The first-order chi connectivity index (χ1) is 10.5. The highest BCUT2D eigenvalue weighted by molar-refractivity contribution is 6.34. The van der Waals surface area contributed by atoms with Crippen molar-refractivity contribution in [3.63, 3.8) is 0 Å². The van der Waals surface area contributed by atoms with Crippen molar-refractivity contribution in [3.8, 4) is 5.75 Å². The number of carbonyl (C=O) groups is 1. The number of hydrogen-bond donors (Lipinski definition) is 0. The molecular formula is C16H16Cl2N2O2. The Hall–Kier alpha value is -1.78. The number of nitrogens with zero attached hydrogens (tertiary/aromatic N) is 2. The number of halogens is 2. The van der Waals surface area contributed by atoms with E-state index in [2.05, 4.69) is 4.99 Å². The van der Waals surface area contributed by atoms with Crippen molar-refractivity contribution in [1.29, 1.82) is 0 Å². The van der Waals surface area contributed by atoms with Crippen LogP contribution < -0.4 is 10.2 Å². The Morgan fingerprint density at radius 1 is 1.27 bits per heavy atom. The molecule has 6 heteroatoms. The van der Waals surface area contributed by atoms with Crippen LogP contribution in [0.25, 0.3) is 0 Å². The topological polar surface area (TPSA) is 43.6 Å². The number of ether oxygens (including phenoxy) is 1. The summed E-state index contributed by atoms with van der Waals surface area (Å²) in [4.78, 5) is 16.7. The van der Waals surface area contributed by atoms with Crippen LogP contribution in [-0.2, 0) is 0 Å². The van der Waals surface area contributed by atoms with Gasteiger partial charge in [-0.05, 0) is 38.1 Å². The van der Waals surface area contributed by atoms with Crippen LogP contribution in [0.4, 0.5) is 0 Å². The summed E-state index contributed by atoms with van der Waals surface area (Å²) in [6.45, 7) is 3.74. The Balaban J connectivity index is 2.18. The van der Waals surface area contributed by atoms with E-state index < -0.39 is 0 Å². The van der Waals surface area contributed by atoms with Crippen LogP contribution in [0.15, 0.2) is 47.6 Å². The van der Waals surface area contributed by atoms with Crippen molar-refractivity contribution >= 4 is 29.1 Å². The van der Waals surface area contributed by atoms with Gasteiger partial charge in [0.05, 0.1) is 5.02 Å². The van der Waals surface area contributed by atoms with Gasteiger partial charge in [-0.2, -0.15) is 0 Å². The van der Waals surface area contributed by atoms with Crippen molar-refractivity contribution in [3.05, 3.63) is 58.1 Å². The summed E-state index contributed by atoms with van der Waals surface area (Å²) in [5.74, 6) is 0.137. The van der Waals surface area contributed by atoms with Crippen LogP contribution in [-0.4, -0.2) is 23.1 Å². The molecule has 0 unspecified atom stereocenters. The maximum absolute atomic E-state index is 12.3. The first-order valence-electron chi connectivity index (χ1n) is 6.80. The molecule has 116 valence electrons. The lowest BCUT2D eigenvalue weighted by Crippen LogP contribution is -2.31. The van der Waals surface area contributed by atoms with Crippen LogP contribution >= 0.6 is 23.2 Å². The standard InChI is InChI=1S/C16H16Cl2N2O2/c1-11(2)19-15-5-3-4-8-20(15)16(21)10-22-14-9-12(17)6-7-13(14)18/h3-9,11H,10H2,1-2H3. The van der Waals surface area contributed by atoms with Crippen molar-refractivity contribution in [2.24, 2.45) is 4.99 Å². The third-order valence-electron chi connectivity index (χ3n) is 2.74. The average molecular weight is 339 g/mol. The lowest BCUT2D eigenvalue weighted by molar-refractivity contribution is 0.0831. The van der Waals surface area contributed by atoms with Gasteiger partial charge in [0.15, 0.2) is 6.61 Å². The fourth-order valence-corrected chi connectivity index (χ4v) is 2.15. The van der Waals surface area contributed by atoms with Gasteiger partial charge in [0.1, 0.15) is 11.2 Å². The Morgan fingerprint density at radius 2 is 2.05 bits per heavy atom. The summed E-state index contributed by atoms with van der Waals surface area (Å²) in [6, 6.07) is 10.3. The molecule has 0 aliphatic heterocycles. The molecule has 1 aromatic heterocycles. The quantitative estimate of drug-likeness (QED) is 0.850. The van der Waals surface area contributed by atoms with Crippen LogP contribution in [0.3, 0.4) is 0 Å². The van der Waals surface area contributed by atoms with Gasteiger partial charge < -0.3 is 4.74 Å². The van der Waals surface area contributed by atoms with Gasteiger partial charge in [0.25, 0.3) is 5.91 Å². The Kier molecular flexibility index (Phi) is 5.63. The van der Waals surface area contributed by atoms with Gasteiger partial charge in [0.2, 0.25) is 0 Å². The third-order valence-corrected chi connectivity index (χ3v) is 3.29. The van der Waals surface area contributed by atoms with Gasteiger partial charge in [-0.15, -0.1) is 0 Å². The first kappa shape index (κ1) is 16.6. The first-order valence-corrected chi connectivity index (χ1v) is 7.55. The van der Waals surface area contributed by atoms with Gasteiger partial charge in [-0.25, -0.2) is 0 Å². The third kappa shape index (κ3) is 4.36. The zero-order valence-corrected chi connectivity index (χ0v) is 13.8. The molecule has 0 atom stereocenters. The highest BCUT2D eigenvalue weighted by Crippen LogP contribution is 2.27. The van der Waals surface area contributed by atoms with Gasteiger partial charge in [-0.3, -0.25) is 14.4 Å². The molecule has 2 rings (SSSR count). The number of benzene rings is 1. The van der Waals surface area contributed by atoms with Crippen molar-refractivity contribution in [2.75, 3.05) is 6.61 Å². The minimum absolute atomic E-state index is 0.0877. The summed E-state index contributed by atoms with van der Waals surface area (Å²) >= 11 is 11.9. The van der Waals surface area contributed by atoms with E-state index in [0.29, 0.717) is 21.3 Å². The number of rotatable bonds is 4. The smallest absolute Gasteiger partial charge is 0.270 e. The minimum atomic E-state index is -0.240. The van der Waals surface area contributed by atoms with E-state index in [9.17, 15) is 4.79 Å². The lowest BCUT2D eigenvalue weighted by atomic mass is 10.3. The molecule has 0 aliphatic carbocycles. The molecule has 0 saturated carbocycles. The number of pyridine rings is 1. The van der Waals surface area contributed by atoms with Crippen molar-refractivity contribution in [2.45, 2.75) is 19.9 Å². The molecule has 0 N–H and O–H groups in total. The van der Waals surface area contributed by atoms with Gasteiger partial charge >= 0.3 is 0 Å². The molecule has 0 saturated heterocycles. The van der Waals surface area contributed by atoms with Gasteiger partial charge in [0, 0.05) is 23.3 Å². The minimum Gasteiger partial charge on any atom is -0.482 e. The van der Waals surface area contributed by atoms with Crippen LogP contribution in [0.5, 0.6) is 5.75 Å².